The molecule has 6 aromatic rings. The summed E-state index contributed by atoms with van der Waals surface area (Å²) in [5, 5.41) is 0. The predicted molar refractivity (Wildman–Crippen MR) is 166 cm³/mol. The van der Waals surface area contributed by atoms with Crippen LogP contribution in [0.1, 0.15) is 33.4 Å². The molecular weight excluding hydrogens is 607 g/mol. The van der Waals surface area contributed by atoms with Gasteiger partial charge < -0.3 is 0 Å². The van der Waals surface area contributed by atoms with Gasteiger partial charge in [-0.3, -0.25) is 0 Å². The third-order valence-electron chi connectivity index (χ3n) is 7.47. The van der Waals surface area contributed by atoms with Gasteiger partial charge in [0.15, 0.2) is 0 Å². The topological polar surface area (TPSA) is 18.5 Å². The van der Waals surface area contributed by atoms with E-state index in [1.54, 1.807) is 0 Å². The molecule has 0 spiro atoms. The van der Waals surface area contributed by atoms with Crippen LogP contribution in [0.15, 0.2) is 182 Å². The second kappa shape index (κ2) is 12.7. The third-order valence-corrected chi connectivity index (χ3v) is 9.69. The summed E-state index contributed by atoms with van der Waals surface area (Å²) in [5.74, 6) is 0. The Morgan fingerprint density at radius 2 is 0.439 bits per heavy atom. The molecule has 0 bridgehead atoms. The van der Waals surface area contributed by atoms with Crippen molar-refractivity contribution in [2.45, 2.75) is 11.2 Å². The van der Waals surface area contributed by atoms with Gasteiger partial charge in [0.2, 0.25) is 0 Å². The van der Waals surface area contributed by atoms with Gasteiger partial charge in [0.25, 0.3) is 0 Å². The summed E-state index contributed by atoms with van der Waals surface area (Å²) in [7, 11) is 0. The Balaban J connectivity index is 1.50. The molecule has 0 aliphatic carbocycles. The van der Waals surface area contributed by atoms with Crippen LogP contribution >= 0.6 is 0 Å². The molecule has 0 N–H and O–H groups in total. The van der Waals surface area contributed by atoms with E-state index in [4.69, 9.17) is 6.15 Å². The van der Waals surface area contributed by atoms with E-state index >= 15 is 0 Å². The van der Waals surface area contributed by atoms with Crippen molar-refractivity contribution in [2.75, 3.05) is 0 Å². The number of hydrogen-bond acceptors (Lipinski definition) is 2. The molecule has 3 heteroatoms. The van der Waals surface area contributed by atoms with Gasteiger partial charge in [-0.2, -0.15) is 0 Å². The van der Waals surface area contributed by atoms with Crippen LogP contribution < -0.4 is 0 Å². The molecule has 0 saturated carbocycles. The van der Waals surface area contributed by atoms with Gasteiger partial charge in [0, 0.05) is 0 Å². The summed E-state index contributed by atoms with van der Waals surface area (Å²) in [5.41, 5.74) is 4.83. The molecule has 6 rings (SSSR count). The van der Waals surface area contributed by atoms with Gasteiger partial charge in [-0.1, -0.05) is 0 Å². The second-order valence-electron chi connectivity index (χ2n) is 9.85. The van der Waals surface area contributed by atoms with E-state index in [1.807, 2.05) is 36.4 Å². The van der Waals surface area contributed by atoms with Crippen LogP contribution in [0.3, 0.4) is 0 Å². The maximum absolute atomic E-state index is 7.26. The fourth-order valence-corrected chi connectivity index (χ4v) is 8.39. The monoisotopic (exact) mass is 638 g/mol. The summed E-state index contributed by atoms with van der Waals surface area (Å²) in [6, 6.07) is 63.0. The predicted octanol–water partition coefficient (Wildman–Crippen LogP) is 8.54. The van der Waals surface area contributed by atoms with Crippen molar-refractivity contribution in [3.05, 3.63) is 215 Å². The first-order chi connectivity index (χ1) is 20.3. The SMILES string of the molecule is c1ccc(C([O][Sn][O]C(c2ccccc2)(c2ccccc2)c2ccccc2)(c2ccccc2)c2ccccc2)cc1. The average Bonchev–Trinajstić information content (AvgIpc) is 3.08. The van der Waals surface area contributed by atoms with E-state index in [-0.39, 0.29) is 0 Å². The Labute approximate surface area is 253 Å². The Hall–Kier alpha value is -3.96. The van der Waals surface area contributed by atoms with Crippen LogP contribution in [-0.2, 0) is 17.4 Å². The molecule has 0 aliphatic heterocycles. The molecule has 2 nitrogen and oxygen atoms in total. The fourth-order valence-electron chi connectivity index (χ4n) is 5.54. The van der Waals surface area contributed by atoms with Crippen molar-refractivity contribution in [3.8, 4) is 0 Å². The molecule has 0 amide bonds. The second-order valence-corrected chi connectivity index (χ2v) is 11.5. The number of hydrogen-bond donors (Lipinski definition) is 0. The first-order valence-electron chi connectivity index (χ1n) is 13.8. The van der Waals surface area contributed by atoms with Crippen LogP contribution in [0.25, 0.3) is 0 Å². The van der Waals surface area contributed by atoms with Gasteiger partial charge in [-0.15, -0.1) is 0 Å². The Kier molecular flexibility index (Phi) is 8.43. The summed E-state index contributed by atoms with van der Waals surface area (Å²) < 4.78 is 14.5. The van der Waals surface area contributed by atoms with Crippen molar-refractivity contribution in [1.29, 1.82) is 0 Å². The van der Waals surface area contributed by atoms with Gasteiger partial charge in [0.1, 0.15) is 0 Å². The van der Waals surface area contributed by atoms with E-state index in [0.29, 0.717) is 0 Å². The maximum atomic E-state index is 7.26. The van der Waals surface area contributed by atoms with Crippen LogP contribution in [0, 0.1) is 0 Å². The molecule has 2 radical (unpaired) electrons. The molecular formula is C38H30O2Sn. The van der Waals surface area contributed by atoms with Gasteiger partial charge >= 0.3 is 255 Å². The average molecular weight is 637 g/mol. The van der Waals surface area contributed by atoms with Crippen molar-refractivity contribution < 1.29 is 6.15 Å². The summed E-state index contributed by atoms with van der Waals surface area (Å²) in [6.45, 7) is 0. The molecule has 0 fully saturated rings. The zero-order valence-electron chi connectivity index (χ0n) is 22.6. The standard InChI is InChI=1S/2C19H15O.Sn/c2*20-19(16-10-4-1-5-11-16,17-12-6-2-7-13-17)18-14-8-3-9-15-18;/h2*1-15H;/q2*-1;+2. The van der Waals surface area contributed by atoms with Crippen molar-refractivity contribution in [3.63, 3.8) is 0 Å². The zero-order valence-corrected chi connectivity index (χ0v) is 25.5. The molecule has 0 saturated heterocycles. The first-order valence-corrected chi connectivity index (χ1v) is 16.1. The van der Waals surface area contributed by atoms with Crippen LogP contribution in [-0.4, -0.2) is 22.0 Å². The number of rotatable bonds is 10. The molecule has 41 heavy (non-hydrogen) atoms. The van der Waals surface area contributed by atoms with Crippen LogP contribution in [0.5, 0.6) is 0 Å². The molecule has 0 atom stereocenters. The van der Waals surface area contributed by atoms with Crippen LogP contribution in [0.2, 0.25) is 0 Å². The molecule has 0 aliphatic rings. The summed E-state index contributed by atoms with van der Waals surface area (Å²) >= 11 is -2.04. The van der Waals surface area contributed by atoms with E-state index in [9.17, 15) is 0 Å². The van der Waals surface area contributed by atoms with Crippen molar-refractivity contribution >= 4 is 22.0 Å². The van der Waals surface area contributed by atoms with Crippen molar-refractivity contribution in [1.82, 2.24) is 0 Å². The normalized spacial score (nSPS) is 11.7. The zero-order chi connectivity index (χ0) is 27.8. The summed E-state index contributed by atoms with van der Waals surface area (Å²) in [4.78, 5) is 0. The summed E-state index contributed by atoms with van der Waals surface area (Å²) in [6.07, 6.45) is 0. The Morgan fingerprint density at radius 3 is 0.610 bits per heavy atom. The molecule has 198 valence electrons. The van der Waals surface area contributed by atoms with E-state index in [0.717, 1.165) is 33.4 Å². The minimum atomic E-state index is -2.04. The quantitative estimate of drug-likeness (QED) is 0.111. The van der Waals surface area contributed by atoms with Crippen LogP contribution in [0.4, 0.5) is 0 Å². The molecule has 0 aromatic heterocycles. The Bertz CT molecular complexity index is 1310. The van der Waals surface area contributed by atoms with E-state index in [1.165, 1.54) is 0 Å². The number of benzene rings is 6. The fraction of sp³-hybridized carbons (Fsp3) is 0.0526. The van der Waals surface area contributed by atoms with Gasteiger partial charge in [-0.25, -0.2) is 0 Å². The van der Waals surface area contributed by atoms with E-state index < -0.39 is 33.2 Å². The van der Waals surface area contributed by atoms with Gasteiger partial charge in [-0.05, 0) is 0 Å². The molecule has 0 heterocycles. The van der Waals surface area contributed by atoms with E-state index in [2.05, 4.69) is 146 Å². The minimum absolute atomic E-state index is 0.814. The third kappa shape index (κ3) is 5.39. The molecule has 6 aromatic carbocycles. The Morgan fingerprint density at radius 1 is 0.268 bits per heavy atom. The molecule has 0 unspecified atom stereocenters. The van der Waals surface area contributed by atoms with Crippen molar-refractivity contribution in [2.24, 2.45) is 0 Å². The van der Waals surface area contributed by atoms with Gasteiger partial charge in [0.05, 0.1) is 0 Å². The first kappa shape index (κ1) is 27.2.